The van der Waals surface area contributed by atoms with Crippen molar-refractivity contribution in [3.05, 3.63) is 23.8 Å². The number of benzene rings is 1. The molecule has 0 aliphatic heterocycles. The van der Waals surface area contributed by atoms with Gasteiger partial charge in [-0.25, -0.2) is 0 Å². The Balaban J connectivity index is 0.00000441. The standard InChI is InChI=1S/C15H25N3O3.HI/c1-19-10-9-18-15(16)17-8-4-5-12-11-13(20-2)6-7-14(12)21-3;/h6-7,11H,4-5,8-10H2,1-3H3,(H3,16,17,18);1H. The molecular weight excluding hydrogens is 397 g/mol. The molecule has 0 saturated carbocycles. The molecule has 22 heavy (non-hydrogen) atoms. The Morgan fingerprint density at radius 2 is 2.00 bits per heavy atom. The van der Waals surface area contributed by atoms with Crippen LogP contribution in [-0.4, -0.2) is 47.0 Å². The van der Waals surface area contributed by atoms with Crippen LogP contribution in [0.5, 0.6) is 11.5 Å². The molecule has 0 aliphatic rings. The van der Waals surface area contributed by atoms with Crippen LogP contribution in [0.15, 0.2) is 23.2 Å². The van der Waals surface area contributed by atoms with Crippen LogP contribution in [0.25, 0.3) is 0 Å². The molecule has 0 bridgehead atoms. The lowest BCUT2D eigenvalue weighted by Gasteiger charge is -2.10. The largest absolute Gasteiger partial charge is 0.497 e. The van der Waals surface area contributed by atoms with Crippen molar-refractivity contribution in [1.82, 2.24) is 5.32 Å². The molecule has 0 aromatic heterocycles. The number of rotatable bonds is 9. The Labute approximate surface area is 149 Å². The highest BCUT2D eigenvalue weighted by Crippen LogP contribution is 2.24. The van der Waals surface area contributed by atoms with E-state index in [0.29, 0.717) is 25.7 Å². The van der Waals surface area contributed by atoms with E-state index in [1.54, 1.807) is 21.3 Å². The molecule has 0 radical (unpaired) electrons. The minimum Gasteiger partial charge on any atom is -0.497 e. The molecule has 3 N–H and O–H groups in total. The molecular formula is C15H26IN3O3. The molecule has 0 unspecified atom stereocenters. The summed E-state index contributed by atoms with van der Waals surface area (Å²) in [5, 5.41) is 2.98. The Bertz CT molecular complexity index is 456. The maximum Gasteiger partial charge on any atom is 0.188 e. The third-order valence-electron chi connectivity index (χ3n) is 2.99. The van der Waals surface area contributed by atoms with E-state index in [9.17, 15) is 0 Å². The van der Waals surface area contributed by atoms with E-state index in [4.69, 9.17) is 19.9 Å². The number of ether oxygens (including phenoxy) is 3. The molecule has 0 amide bonds. The van der Waals surface area contributed by atoms with Crippen molar-refractivity contribution in [2.75, 3.05) is 41.0 Å². The number of hydrogen-bond acceptors (Lipinski definition) is 4. The average Bonchev–Trinajstić information content (AvgIpc) is 2.51. The Kier molecular flexibility index (Phi) is 11.7. The van der Waals surface area contributed by atoms with Gasteiger partial charge in [0.25, 0.3) is 0 Å². The maximum absolute atomic E-state index is 5.73. The third-order valence-corrected chi connectivity index (χ3v) is 2.99. The van der Waals surface area contributed by atoms with Gasteiger partial charge in [-0.15, -0.1) is 24.0 Å². The Morgan fingerprint density at radius 1 is 1.23 bits per heavy atom. The monoisotopic (exact) mass is 423 g/mol. The Hall–Kier alpha value is -1.22. The normalized spacial score (nSPS) is 10.8. The van der Waals surface area contributed by atoms with Gasteiger partial charge in [0.15, 0.2) is 5.96 Å². The van der Waals surface area contributed by atoms with E-state index in [0.717, 1.165) is 29.9 Å². The fourth-order valence-electron chi connectivity index (χ4n) is 1.88. The predicted molar refractivity (Wildman–Crippen MR) is 99.7 cm³/mol. The van der Waals surface area contributed by atoms with E-state index in [1.807, 2.05) is 18.2 Å². The zero-order valence-electron chi connectivity index (χ0n) is 13.4. The Morgan fingerprint density at radius 3 is 2.64 bits per heavy atom. The number of methoxy groups -OCH3 is 3. The summed E-state index contributed by atoms with van der Waals surface area (Å²) >= 11 is 0. The summed E-state index contributed by atoms with van der Waals surface area (Å²) in [5.74, 6) is 2.14. The highest BCUT2D eigenvalue weighted by molar-refractivity contribution is 14.0. The van der Waals surface area contributed by atoms with Gasteiger partial charge in [0.1, 0.15) is 11.5 Å². The van der Waals surface area contributed by atoms with Gasteiger partial charge in [-0.3, -0.25) is 4.99 Å². The minimum atomic E-state index is 0. The third kappa shape index (κ3) is 7.69. The number of nitrogens with zero attached hydrogens (tertiary/aromatic N) is 1. The minimum absolute atomic E-state index is 0. The fourth-order valence-corrected chi connectivity index (χ4v) is 1.88. The molecule has 126 valence electrons. The highest BCUT2D eigenvalue weighted by atomic mass is 127. The van der Waals surface area contributed by atoms with Crippen molar-refractivity contribution in [3.63, 3.8) is 0 Å². The van der Waals surface area contributed by atoms with Gasteiger partial charge in [-0.2, -0.15) is 0 Å². The lowest BCUT2D eigenvalue weighted by atomic mass is 10.1. The number of hydrogen-bond donors (Lipinski definition) is 2. The summed E-state index contributed by atoms with van der Waals surface area (Å²) in [6.45, 7) is 1.93. The average molecular weight is 423 g/mol. The van der Waals surface area contributed by atoms with E-state index in [-0.39, 0.29) is 24.0 Å². The molecule has 6 nitrogen and oxygen atoms in total. The van der Waals surface area contributed by atoms with E-state index in [1.165, 1.54) is 0 Å². The van der Waals surface area contributed by atoms with Gasteiger partial charge in [-0.05, 0) is 36.6 Å². The number of guanidine groups is 1. The predicted octanol–water partition coefficient (Wildman–Crippen LogP) is 1.81. The van der Waals surface area contributed by atoms with Gasteiger partial charge < -0.3 is 25.3 Å². The lowest BCUT2D eigenvalue weighted by molar-refractivity contribution is 0.204. The number of aliphatic imine (C=N–C) groups is 1. The molecule has 1 rings (SSSR count). The number of nitrogens with one attached hydrogen (secondary N) is 1. The smallest absolute Gasteiger partial charge is 0.188 e. The van der Waals surface area contributed by atoms with Gasteiger partial charge in [0, 0.05) is 20.2 Å². The van der Waals surface area contributed by atoms with Gasteiger partial charge >= 0.3 is 0 Å². The van der Waals surface area contributed by atoms with Gasteiger partial charge in [0.2, 0.25) is 0 Å². The molecule has 0 aliphatic carbocycles. The number of halogens is 1. The topological polar surface area (TPSA) is 78.1 Å². The van der Waals surface area contributed by atoms with Gasteiger partial charge in [-0.1, -0.05) is 0 Å². The summed E-state index contributed by atoms with van der Waals surface area (Å²) in [6.07, 6.45) is 1.74. The maximum atomic E-state index is 5.73. The van der Waals surface area contributed by atoms with Crippen LogP contribution in [0.1, 0.15) is 12.0 Å². The second kappa shape index (κ2) is 12.3. The first-order valence-electron chi connectivity index (χ1n) is 6.95. The van der Waals surface area contributed by atoms with Crippen LogP contribution in [0.4, 0.5) is 0 Å². The van der Waals surface area contributed by atoms with Crippen LogP contribution in [0.2, 0.25) is 0 Å². The first-order chi connectivity index (χ1) is 10.2. The summed E-state index contributed by atoms with van der Waals surface area (Å²) < 4.78 is 15.5. The molecule has 0 heterocycles. The van der Waals surface area contributed by atoms with Crippen molar-refractivity contribution in [2.24, 2.45) is 10.7 Å². The van der Waals surface area contributed by atoms with Crippen LogP contribution in [0.3, 0.4) is 0 Å². The molecule has 1 aromatic carbocycles. The van der Waals surface area contributed by atoms with Crippen LogP contribution >= 0.6 is 24.0 Å². The molecule has 0 atom stereocenters. The highest BCUT2D eigenvalue weighted by Gasteiger charge is 2.04. The molecule has 7 heteroatoms. The van der Waals surface area contributed by atoms with E-state index < -0.39 is 0 Å². The number of aryl methyl sites for hydroxylation is 1. The van der Waals surface area contributed by atoms with Crippen LogP contribution < -0.4 is 20.5 Å². The molecule has 0 saturated heterocycles. The van der Waals surface area contributed by atoms with E-state index in [2.05, 4.69) is 10.3 Å². The van der Waals surface area contributed by atoms with E-state index >= 15 is 0 Å². The second-order valence-corrected chi connectivity index (χ2v) is 4.47. The fraction of sp³-hybridized carbons (Fsp3) is 0.533. The van der Waals surface area contributed by atoms with Crippen molar-refractivity contribution in [2.45, 2.75) is 12.8 Å². The van der Waals surface area contributed by atoms with Crippen LogP contribution in [0, 0.1) is 0 Å². The summed E-state index contributed by atoms with van der Waals surface area (Å²) in [7, 11) is 4.97. The van der Waals surface area contributed by atoms with Crippen molar-refractivity contribution in [3.8, 4) is 11.5 Å². The summed E-state index contributed by atoms with van der Waals surface area (Å²) in [5.41, 5.74) is 6.84. The number of nitrogens with two attached hydrogens (primary N) is 1. The molecule has 1 aromatic rings. The quantitative estimate of drug-likeness (QED) is 0.274. The second-order valence-electron chi connectivity index (χ2n) is 4.47. The zero-order chi connectivity index (χ0) is 15.5. The van der Waals surface area contributed by atoms with Crippen molar-refractivity contribution in [1.29, 1.82) is 0 Å². The molecule has 0 spiro atoms. The first-order valence-corrected chi connectivity index (χ1v) is 6.95. The summed E-state index contributed by atoms with van der Waals surface area (Å²) in [4.78, 5) is 4.26. The molecule has 0 fully saturated rings. The summed E-state index contributed by atoms with van der Waals surface area (Å²) in [6, 6.07) is 5.79. The zero-order valence-corrected chi connectivity index (χ0v) is 15.8. The van der Waals surface area contributed by atoms with Crippen molar-refractivity contribution < 1.29 is 14.2 Å². The lowest BCUT2D eigenvalue weighted by Crippen LogP contribution is -2.34. The van der Waals surface area contributed by atoms with Crippen LogP contribution in [-0.2, 0) is 11.2 Å². The van der Waals surface area contributed by atoms with Crippen molar-refractivity contribution >= 4 is 29.9 Å². The first kappa shape index (κ1) is 20.8. The SMILES string of the molecule is COCCNC(N)=NCCCc1cc(OC)ccc1OC.I. The van der Waals surface area contributed by atoms with Gasteiger partial charge in [0.05, 0.1) is 20.8 Å².